The van der Waals surface area contributed by atoms with Crippen LogP contribution in [0.4, 0.5) is 0 Å². The van der Waals surface area contributed by atoms with E-state index in [1.165, 1.54) is 18.2 Å². The first-order valence-electron chi connectivity index (χ1n) is 11.3. The van der Waals surface area contributed by atoms with Crippen molar-refractivity contribution in [1.82, 2.24) is 24.1 Å². The first kappa shape index (κ1) is 21.7. The van der Waals surface area contributed by atoms with E-state index in [2.05, 4.69) is 17.1 Å². The molecule has 3 heterocycles. The second-order valence-electron chi connectivity index (χ2n) is 8.94. The minimum atomic E-state index is -0.130. The maximum atomic E-state index is 13.5. The number of hydrogen-bond acceptors (Lipinski definition) is 5. The van der Waals surface area contributed by atoms with Gasteiger partial charge in [0, 0.05) is 13.1 Å². The smallest absolute Gasteiger partial charge is 0.267 e. The molecule has 1 aliphatic heterocycles. The number of rotatable bonds is 4. The number of amides is 1. The van der Waals surface area contributed by atoms with E-state index in [9.17, 15) is 9.59 Å². The third kappa shape index (κ3) is 3.93. The molecule has 0 N–H and O–H groups in total. The molecule has 1 saturated heterocycles. The topological polar surface area (TPSA) is 72.5 Å². The third-order valence-corrected chi connectivity index (χ3v) is 7.25. The summed E-state index contributed by atoms with van der Waals surface area (Å²) >= 11 is 1.37. The highest BCUT2D eigenvalue weighted by Gasteiger charge is 2.23. The molecule has 8 heteroatoms. The zero-order valence-corrected chi connectivity index (χ0v) is 19.9. The molecule has 2 aromatic heterocycles. The molecule has 4 aromatic rings. The highest BCUT2D eigenvalue weighted by Crippen LogP contribution is 2.25. The van der Waals surface area contributed by atoms with Gasteiger partial charge in [0.05, 0.1) is 22.3 Å². The van der Waals surface area contributed by atoms with Crippen LogP contribution in [0.5, 0.6) is 0 Å². The molecule has 0 bridgehead atoms. The Balaban J connectivity index is 1.61. The summed E-state index contributed by atoms with van der Waals surface area (Å²) in [7, 11) is 0. The van der Waals surface area contributed by atoms with Gasteiger partial charge in [-0.1, -0.05) is 43.0 Å². The van der Waals surface area contributed by atoms with Gasteiger partial charge in [0.2, 0.25) is 11.7 Å². The lowest BCUT2D eigenvalue weighted by atomic mass is 10.0. The summed E-state index contributed by atoms with van der Waals surface area (Å²) in [6.45, 7) is 7.81. The number of likely N-dealkylation sites (tertiary alicyclic amines) is 1. The van der Waals surface area contributed by atoms with Crippen LogP contribution in [0.15, 0.2) is 52.4 Å². The molecule has 0 saturated carbocycles. The second-order valence-corrected chi connectivity index (χ2v) is 9.88. The number of aromatic nitrogens is 4. The Kier molecular flexibility index (Phi) is 5.70. The van der Waals surface area contributed by atoms with Gasteiger partial charge in [-0.25, -0.2) is 4.57 Å². The molecule has 0 spiro atoms. The van der Waals surface area contributed by atoms with E-state index in [1.54, 1.807) is 4.57 Å². The molecule has 1 unspecified atom stereocenters. The van der Waals surface area contributed by atoms with Crippen molar-refractivity contribution in [3.63, 3.8) is 0 Å². The normalized spacial score (nSPS) is 16.6. The van der Waals surface area contributed by atoms with E-state index in [1.807, 2.05) is 65.6 Å². The molecule has 170 valence electrons. The van der Waals surface area contributed by atoms with Gasteiger partial charge in [0.25, 0.3) is 5.56 Å². The Labute approximate surface area is 196 Å². The van der Waals surface area contributed by atoms with Crippen molar-refractivity contribution in [3.05, 3.63) is 63.9 Å². The monoisotopic (exact) mass is 461 g/mol. The Morgan fingerprint density at radius 1 is 1.15 bits per heavy atom. The summed E-state index contributed by atoms with van der Waals surface area (Å²) in [5, 5.41) is 10.0. The number of hydrogen-bond donors (Lipinski definition) is 0. The van der Waals surface area contributed by atoms with Crippen LogP contribution in [0.1, 0.15) is 30.9 Å². The van der Waals surface area contributed by atoms with E-state index in [4.69, 9.17) is 0 Å². The maximum Gasteiger partial charge on any atom is 0.267 e. The molecule has 0 aliphatic carbocycles. The number of carbonyl (C=O) groups excluding carboxylic acids is 1. The summed E-state index contributed by atoms with van der Waals surface area (Å²) in [5.74, 6) is 1.41. The number of carbonyl (C=O) groups is 1. The first-order valence-corrected chi connectivity index (χ1v) is 12.3. The van der Waals surface area contributed by atoms with Crippen LogP contribution in [0.3, 0.4) is 0 Å². The molecular formula is C25H27N5O2S. The van der Waals surface area contributed by atoms with Crippen LogP contribution in [0.25, 0.3) is 22.4 Å². The molecule has 2 aromatic carbocycles. The predicted molar refractivity (Wildman–Crippen MR) is 131 cm³/mol. The Morgan fingerprint density at radius 2 is 1.97 bits per heavy atom. The average molecular weight is 462 g/mol. The Bertz CT molecular complexity index is 1420. The zero-order chi connectivity index (χ0) is 23.1. The van der Waals surface area contributed by atoms with E-state index in [0.29, 0.717) is 28.0 Å². The minimum absolute atomic E-state index is 0.121. The van der Waals surface area contributed by atoms with Crippen molar-refractivity contribution < 1.29 is 4.79 Å². The summed E-state index contributed by atoms with van der Waals surface area (Å²) in [5.41, 5.74) is 3.44. The number of fused-ring (bicyclic) bond motifs is 3. The van der Waals surface area contributed by atoms with Crippen molar-refractivity contribution in [2.75, 3.05) is 18.8 Å². The fourth-order valence-corrected chi connectivity index (χ4v) is 5.43. The quantitative estimate of drug-likeness (QED) is 0.430. The second kappa shape index (κ2) is 8.67. The number of para-hydroxylation sites is 1. The maximum absolute atomic E-state index is 13.5. The summed E-state index contributed by atoms with van der Waals surface area (Å²) < 4.78 is 3.53. The van der Waals surface area contributed by atoms with Gasteiger partial charge < -0.3 is 4.90 Å². The highest BCUT2D eigenvalue weighted by atomic mass is 32.2. The lowest BCUT2D eigenvalue weighted by molar-refractivity contribution is -0.130. The lowest BCUT2D eigenvalue weighted by Gasteiger charge is -2.30. The van der Waals surface area contributed by atoms with E-state index >= 15 is 0 Å². The van der Waals surface area contributed by atoms with Gasteiger partial charge in [-0.2, -0.15) is 0 Å². The molecule has 33 heavy (non-hydrogen) atoms. The highest BCUT2D eigenvalue weighted by molar-refractivity contribution is 7.99. The zero-order valence-electron chi connectivity index (χ0n) is 19.1. The first-order chi connectivity index (χ1) is 15.9. The third-order valence-electron chi connectivity index (χ3n) is 6.33. The number of benzene rings is 2. The molecule has 0 radical (unpaired) electrons. The van der Waals surface area contributed by atoms with E-state index < -0.39 is 0 Å². The van der Waals surface area contributed by atoms with Crippen molar-refractivity contribution >= 4 is 34.3 Å². The average Bonchev–Trinajstić information content (AvgIpc) is 3.23. The van der Waals surface area contributed by atoms with Crippen molar-refractivity contribution in [1.29, 1.82) is 0 Å². The summed E-state index contributed by atoms with van der Waals surface area (Å²) in [4.78, 5) is 28.3. The lowest BCUT2D eigenvalue weighted by Crippen LogP contribution is -2.40. The van der Waals surface area contributed by atoms with Gasteiger partial charge in [0.15, 0.2) is 5.16 Å². The predicted octanol–water partition coefficient (Wildman–Crippen LogP) is 4.00. The number of piperidine rings is 1. The van der Waals surface area contributed by atoms with Crippen molar-refractivity contribution in [2.24, 2.45) is 5.92 Å². The van der Waals surface area contributed by atoms with Crippen molar-refractivity contribution in [2.45, 2.75) is 38.8 Å². The fourth-order valence-electron chi connectivity index (χ4n) is 4.58. The molecule has 1 amide bonds. The molecule has 1 aliphatic rings. The number of thioether (sulfide) groups is 1. The Hall–Kier alpha value is -3.13. The summed E-state index contributed by atoms with van der Waals surface area (Å²) in [6.07, 6.45) is 2.23. The molecule has 1 atom stereocenters. The van der Waals surface area contributed by atoms with E-state index in [-0.39, 0.29) is 11.5 Å². The number of nitrogens with zero attached hydrogens (tertiary/aromatic N) is 5. The van der Waals surface area contributed by atoms with Crippen LogP contribution < -0.4 is 5.56 Å². The largest absolute Gasteiger partial charge is 0.342 e. The Morgan fingerprint density at radius 3 is 2.79 bits per heavy atom. The van der Waals surface area contributed by atoms with Gasteiger partial charge in [-0.3, -0.25) is 14.0 Å². The fraction of sp³-hybridized carbons (Fsp3) is 0.360. The SMILES string of the molecule is Cc1ccc(C)c(-n2c(=O)c3ccccc3n3c(SCC(=O)N4CCCC(C)C4)nnc23)c1. The standard InChI is InChI=1S/C25H27N5O2S/c1-16-10-11-18(3)21(13-16)29-23(32)19-8-4-5-9-20(19)30-24(29)26-27-25(30)33-15-22(31)28-12-6-7-17(2)14-28/h4-5,8-11,13,17H,6-7,12,14-15H2,1-3H3. The van der Waals surface area contributed by atoms with Crippen LogP contribution in [-0.2, 0) is 4.79 Å². The summed E-state index contributed by atoms with van der Waals surface area (Å²) in [6, 6.07) is 13.5. The van der Waals surface area contributed by atoms with Crippen LogP contribution >= 0.6 is 11.8 Å². The van der Waals surface area contributed by atoms with Gasteiger partial charge in [-0.05, 0) is 61.9 Å². The molecule has 1 fully saturated rings. The minimum Gasteiger partial charge on any atom is -0.342 e. The van der Waals surface area contributed by atoms with Crippen LogP contribution in [0.2, 0.25) is 0 Å². The van der Waals surface area contributed by atoms with Gasteiger partial charge >= 0.3 is 0 Å². The molecule has 5 rings (SSSR count). The van der Waals surface area contributed by atoms with Gasteiger partial charge in [-0.15, -0.1) is 10.2 Å². The number of aryl methyl sites for hydroxylation is 2. The van der Waals surface area contributed by atoms with Crippen LogP contribution in [-0.4, -0.2) is 48.8 Å². The van der Waals surface area contributed by atoms with Crippen molar-refractivity contribution in [3.8, 4) is 5.69 Å². The molecule has 7 nitrogen and oxygen atoms in total. The van der Waals surface area contributed by atoms with Gasteiger partial charge in [0.1, 0.15) is 0 Å². The molecular weight excluding hydrogens is 434 g/mol. The van der Waals surface area contributed by atoms with E-state index in [0.717, 1.165) is 41.8 Å². The van der Waals surface area contributed by atoms with Crippen LogP contribution in [0, 0.1) is 19.8 Å².